The number of aryl methyl sites for hydroxylation is 1. The Morgan fingerprint density at radius 2 is 1.50 bits per heavy atom. The molecule has 0 unspecified atom stereocenters. The number of hydrogen-bond donors (Lipinski definition) is 0. The van der Waals surface area contributed by atoms with Gasteiger partial charge < -0.3 is 0 Å². The van der Waals surface area contributed by atoms with Crippen LogP contribution in [-0.4, -0.2) is 11.8 Å². The fourth-order valence-electron chi connectivity index (χ4n) is 2.23. The Morgan fingerprint density at radius 1 is 0.850 bits per heavy atom. The summed E-state index contributed by atoms with van der Waals surface area (Å²) < 4.78 is 0. The summed E-state index contributed by atoms with van der Waals surface area (Å²) in [5.74, 6) is -0.567. The second-order valence-corrected chi connectivity index (χ2v) is 4.74. The molecule has 0 N–H and O–H groups in total. The van der Waals surface area contributed by atoms with Gasteiger partial charge in [-0.3, -0.25) is 9.59 Å². The van der Waals surface area contributed by atoms with Crippen molar-refractivity contribution in [3.05, 3.63) is 71.8 Å². The highest BCUT2D eigenvalue weighted by molar-refractivity contribution is 6.43. The van der Waals surface area contributed by atoms with Crippen LogP contribution in [0.25, 0.3) is 5.57 Å². The number of hydrogen-bond acceptors (Lipinski definition) is 2. The Balaban J connectivity index is 1.97. The van der Waals surface area contributed by atoms with Crippen LogP contribution >= 0.6 is 0 Å². The molecule has 0 saturated carbocycles. The Morgan fingerprint density at radius 3 is 2.15 bits per heavy atom. The second-order valence-electron chi connectivity index (χ2n) is 4.74. The first-order valence-electron chi connectivity index (χ1n) is 6.39. The van der Waals surface area contributed by atoms with Crippen LogP contribution in [0.3, 0.4) is 0 Å². The van der Waals surface area contributed by atoms with Gasteiger partial charge in [0.2, 0.25) is 0 Å². The third-order valence-electron chi connectivity index (χ3n) is 3.30. The smallest absolute Gasteiger partial charge is 0.266 e. The molecule has 2 aromatic carbocycles. The highest BCUT2D eigenvalue weighted by atomic mass is 16.2. The zero-order valence-corrected chi connectivity index (χ0v) is 11.0. The fourth-order valence-corrected chi connectivity index (χ4v) is 2.23. The van der Waals surface area contributed by atoms with Crippen LogP contribution in [0.4, 0.5) is 5.69 Å². The fraction of sp³-hybridized carbons (Fsp3) is 0.0588. The van der Waals surface area contributed by atoms with E-state index in [2.05, 4.69) is 0 Å². The van der Waals surface area contributed by atoms with E-state index in [1.54, 1.807) is 12.1 Å². The normalized spacial score (nSPS) is 14.7. The van der Waals surface area contributed by atoms with Crippen molar-refractivity contribution in [2.75, 3.05) is 4.90 Å². The lowest BCUT2D eigenvalue weighted by Crippen LogP contribution is -2.30. The van der Waals surface area contributed by atoms with Crippen molar-refractivity contribution in [1.82, 2.24) is 0 Å². The van der Waals surface area contributed by atoms with E-state index < -0.39 is 0 Å². The average molecular weight is 263 g/mol. The van der Waals surface area contributed by atoms with Crippen molar-refractivity contribution < 1.29 is 9.59 Å². The number of imide groups is 1. The summed E-state index contributed by atoms with van der Waals surface area (Å²) in [6.45, 7) is 1.96. The first kappa shape index (κ1) is 12.4. The van der Waals surface area contributed by atoms with Gasteiger partial charge >= 0.3 is 0 Å². The summed E-state index contributed by atoms with van der Waals surface area (Å²) in [5, 5.41) is 0. The third-order valence-corrected chi connectivity index (χ3v) is 3.30. The molecule has 0 fully saturated rings. The minimum Gasteiger partial charge on any atom is -0.269 e. The van der Waals surface area contributed by atoms with Crippen LogP contribution in [0.15, 0.2) is 60.7 Å². The summed E-state index contributed by atoms with van der Waals surface area (Å²) in [4.78, 5) is 25.7. The molecule has 0 radical (unpaired) electrons. The van der Waals surface area contributed by atoms with Gasteiger partial charge in [0, 0.05) is 6.08 Å². The zero-order chi connectivity index (χ0) is 14.1. The van der Waals surface area contributed by atoms with Crippen molar-refractivity contribution in [1.29, 1.82) is 0 Å². The largest absolute Gasteiger partial charge is 0.269 e. The number of benzene rings is 2. The van der Waals surface area contributed by atoms with Crippen LogP contribution in [0, 0.1) is 6.92 Å². The molecule has 0 aliphatic carbocycles. The molecule has 0 saturated heterocycles. The topological polar surface area (TPSA) is 37.4 Å². The Bertz CT molecular complexity index is 700. The quantitative estimate of drug-likeness (QED) is 0.781. The molecule has 3 rings (SSSR count). The van der Waals surface area contributed by atoms with Crippen molar-refractivity contribution >= 4 is 23.1 Å². The molecule has 2 amide bonds. The van der Waals surface area contributed by atoms with Gasteiger partial charge in [0.05, 0.1) is 11.3 Å². The van der Waals surface area contributed by atoms with E-state index in [-0.39, 0.29) is 11.8 Å². The van der Waals surface area contributed by atoms with Crippen molar-refractivity contribution in [3.63, 3.8) is 0 Å². The van der Waals surface area contributed by atoms with Gasteiger partial charge in [0.15, 0.2) is 0 Å². The van der Waals surface area contributed by atoms with E-state index in [9.17, 15) is 9.59 Å². The zero-order valence-electron chi connectivity index (χ0n) is 11.0. The molecule has 3 nitrogen and oxygen atoms in total. The Kier molecular flexibility index (Phi) is 2.95. The number of carbonyl (C=O) groups excluding carboxylic acids is 2. The molecule has 0 atom stereocenters. The maximum absolute atomic E-state index is 12.4. The summed E-state index contributed by atoms with van der Waals surface area (Å²) in [6, 6.07) is 16.6. The monoisotopic (exact) mass is 263 g/mol. The van der Waals surface area contributed by atoms with Gasteiger partial charge in [0.1, 0.15) is 0 Å². The number of carbonyl (C=O) groups is 2. The molecule has 3 heteroatoms. The molecule has 0 aromatic heterocycles. The van der Waals surface area contributed by atoms with Crippen LogP contribution in [-0.2, 0) is 9.59 Å². The van der Waals surface area contributed by atoms with E-state index in [1.165, 1.54) is 11.0 Å². The Hall–Kier alpha value is -2.68. The Labute approximate surface area is 117 Å². The minimum atomic E-state index is -0.294. The van der Waals surface area contributed by atoms with Gasteiger partial charge in [-0.2, -0.15) is 0 Å². The second kappa shape index (κ2) is 4.78. The standard InChI is InChI=1S/C17H13NO2/c1-12-7-9-14(10-8-12)18-16(19)11-15(17(18)20)13-5-3-2-4-6-13/h2-11H,1H3. The molecule has 0 spiro atoms. The van der Waals surface area contributed by atoms with Crippen LogP contribution in [0.2, 0.25) is 0 Å². The lowest BCUT2D eigenvalue weighted by atomic mass is 10.1. The van der Waals surface area contributed by atoms with Gasteiger partial charge in [-0.25, -0.2) is 4.90 Å². The molecule has 1 heterocycles. The van der Waals surface area contributed by atoms with Gasteiger partial charge in [-0.1, -0.05) is 48.0 Å². The summed E-state index contributed by atoms with van der Waals surface area (Å²) in [5.41, 5.74) is 2.90. The summed E-state index contributed by atoms with van der Waals surface area (Å²) >= 11 is 0. The molecule has 1 aliphatic heterocycles. The van der Waals surface area contributed by atoms with Crippen LogP contribution < -0.4 is 4.90 Å². The van der Waals surface area contributed by atoms with Gasteiger partial charge in [-0.15, -0.1) is 0 Å². The average Bonchev–Trinajstić information content (AvgIpc) is 2.76. The molecule has 20 heavy (non-hydrogen) atoms. The molecule has 0 bridgehead atoms. The van der Waals surface area contributed by atoms with Crippen molar-refractivity contribution in [3.8, 4) is 0 Å². The van der Waals surface area contributed by atoms with Crippen molar-refractivity contribution in [2.45, 2.75) is 6.92 Å². The third kappa shape index (κ3) is 2.03. The number of amides is 2. The first-order valence-corrected chi connectivity index (χ1v) is 6.39. The van der Waals surface area contributed by atoms with Crippen molar-refractivity contribution in [2.24, 2.45) is 0 Å². The van der Waals surface area contributed by atoms with Crippen LogP contribution in [0.1, 0.15) is 11.1 Å². The number of nitrogens with zero attached hydrogens (tertiary/aromatic N) is 1. The maximum atomic E-state index is 12.4. The highest BCUT2D eigenvalue weighted by Gasteiger charge is 2.32. The van der Waals surface area contributed by atoms with E-state index in [0.717, 1.165) is 11.1 Å². The predicted molar refractivity (Wildman–Crippen MR) is 78.1 cm³/mol. The van der Waals surface area contributed by atoms with E-state index in [4.69, 9.17) is 0 Å². The molecule has 98 valence electrons. The first-order chi connectivity index (χ1) is 9.66. The molecule has 1 aliphatic rings. The maximum Gasteiger partial charge on any atom is 0.266 e. The van der Waals surface area contributed by atoms with E-state index in [1.807, 2.05) is 49.4 Å². The predicted octanol–water partition coefficient (Wildman–Crippen LogP) is 2.95. The van der Waals surface area contributed by atoms with Gasteiger partial charge in [-0.05, 0) is 24.6 Å². The molecular weight excluding hydrogens is 250 g/mol. The van der Waals surface area contributed by atoms with E-state index in [0.29, 0.717) is 11.3 Å². The molecular formula is C17H13NO2. The number of rotatable bonds is 2. The van der Waals surface area contributed by atoms with Crippen LogP contribution in [0.5, 0.6) is 0 Å². The lowest BCUT2D eigenvalue weighted by molar-refractivity contribution is -0.119. The van der Waals surface area contributed by atoms with E-state index >= 15 is 0 Å². The SMILES string of the molecule is Cc1ccc(N2C(=O)C=C(c3ccccc3)C2=O)cc1. The summed E-state index contributed by atoms with van der Waals surface area (Å²) in [6.07, 6.45) is 1.40. The number of anilines is 1. The minimum absolute atomic E-state index is 0.273. The summed E-state index contributed by atoms with van der Waals surface area (Å²) in [7, 11) is 0. The van der Waals surface area contributed by atoms with Gasteiger partial charge in [0.25, 0.3) is 11.8 Å². The highest BCUT2D eigenvalue weighted by Crippen LogP contribution is 2.28. The lowest BCUT2D eigenvalue weighted by Gasteiger charge is -2.15. The molecule has 2 aromatic rings.